The zero-order valence-electron chi connectivity index (χ0n) is 12.9. The van der Waals surface area contributed by atoms with Crippen LogP contribution in [0.1, 0.15) is 5.56 Å². The van der Waals surface area contributed by atoms with Gasteiger partial charge in [-0.3, -0.25) is 9.36 Å². The quantitative estimate of drug-likeness (QED) is 0.739. The van der Waals surface area contributed by atoms with Gasteiger partial charge in [0.25, 0.3) is 5.56 Å². The lowest BCUT2D eigenvalue weighted by Crippen LogP contribution is -2.20. The predicted octanol–water partition coefficient (Wildman–Crippen LogP) is 3.54. The molecular formula is C20H18N2O. The fourth-order valence-corrected chi connectivity index (χ4v) is 3.17. The van der Waals surface area contributed by atoms with E-state index in [0.717, 1.165) is 36.6 Å². The Morgan fingerprint density at radius 2 is 1.48 bits per heavy atom. The van der Waals surface area contributed by atoms with E-state index in [4.69, 9.17) is 0 Å². The van der Waals surface area contributed by atoms with E-state index < -0.39 is 0 Å². The Balaban J connectivity index is 1.73. The van der Waals surface area contributed by atoms with Gasteiger partial charge in [-0.2, -0.15) is 0 Å². The average Bonchev–Trinajstić information content (AvgIpc) is 3.00. The number of hydrogen-bond donors (Lipinski definition) is 0. The number of hydrogen-bond acceptors (Lipinski definition) is 2. The monoisotopic (exact) mass is 302 g/mol. The van der Waals surface area contributed by atoms with E-state index in [9.17, 15) is 4.79 Å². The van der Waals surface area contributed by atoms with E-state index in [2.05, 4.69) is 35.2 Å². The summed E-state index contributed by atoms with van der Waals surface area (Å²) < 4.78 is 1.87. The second kappa shape index (κ2) is 5.76. The molecule has 0 unspecified atom stereocenters. The van der Waals surface area contributed by atoms with Crippen molar-refractivity contribution in [1.82, 2.24) is 4.57 Å². The summed E-state index contributed by atoms with van der Waals surface area (Å²) in [5, 5.41) is 0. The Hall–Kier alpha value is -2.81. The van der Waals surface area contributed by atoms with Crippen molar-refractivity contribution in [3.05, 3.63) is 88.7 Å². The number of aromatic nitrogens is 1. The fraction of sp³-hybridized carbons (Fsp3) is 0.150. The van der Waals surface area contributed by atoms with Crippen LogP contribution in [0, 0.1) is 0 Å². The second-order valence-electron chi connectivity index (χ2n) is 5.87. The normalized spacial score (nSPS) is 13.1. The zero-order valence-corrected chi connectivity index (χ0v) is 12.9. The molecule has 2 aromatic carbocycles. The third-order valence-corrected chi connectivity index (χ3v) is 4.35. The maximum Gasteiger partial charge on any atom is 0.252 e. The molecule has 114 valence electrons. The van der Waals surface area contributed by atoms with Crippen LogP contribution in [0.25, 0.3) is 11.1 Å². The molecule has 0 radical (unpaired) electrons. The average molecular weight is 302 g/mol. The van der Waals surface area contributed by atoms with Gasteiger partial charge in [0, 0.05) is 25.7 Å². The van der Waals surface area contributed by atoms with Crippen LogP contribution in [-0.2, 0) is 13.1 Å². The largest absolute Gasteiger partial charge is 0.352 e. The lowest BCUT2D eigenvalue weighted by molar-refractivity contribution is 0.751. The Bertz CT molecular complexity index is 869. The summed E-state index contributed by atoms with van der Waals surface area (Å²) >= 11 is 0. The molecule has 1 aliphatic heterocycles. The minimum absolute atomic E-state index is 0.0805. The van der Waals surface area contributed by atoms with Gasteiger partial charge in [0.05, 0.1) is 0 Å². The third-order valence-electron chi connectivity index (χ3n) is 4.35. The number of fused-ring (bicyclic) bond motifs is 1. The van der Waals surface area contributed by atoms with E-state index in [1.54, 1.807) is 6.07 Å². The number of rotatable bonds is 3. The van der Waals surface area contributed by atoms with E-state index in [-0.39, 0.29) is 5.56 Å². The van der Waals surface area contributed by atoms with E-state index >= 15 is 0 Å². The molecule has 0 saturated heterocycles. The van der Waals surface area contributed by atoms with Gasteiger partial charge >= 0.3 is 0 Å². The molecule has 3 aromatic rings. The lowest BCUT2D eigenvalue weighted by Gasteiger charge is -2.19. The number of anilines is 1. The van der Waals surface area contributed by atoms with Crippen molar-refractivity contribution < 1.29 is 0 Å². The first-order valence-electron chi connectivity index (χ1n) is 7.90. The van der Waals surface area contributed by atoms with Crippen molar-refractivity contribution in [3.63, 3.8) is 0 Å². The van der Waals surface area contributed by atoms with Crippen molar-refractivity contribution in [1.29, 1.82) is 0 Å². The van der Waals surface area contributed by atoms with Crippen LogP contribution in [0.5, 0.6) is 0 Å². The standard InChI is InChI=1S/C20H18N2O/c23-20-14-18(17-9-5-2-6-10-17)13-19-21(11-12-22(19)20)15-16-7-3-1-4-8-16/h1-10,13-14H,11-12,15H2. The molecule has 0 N–H and O–H groups in total. The molecule has 0 spiro atoms. The van der Waals surface area contributed by atoms with Crippen molar-refractivity contribution in [2.45, 2.75) is 13.1 Å². The van der Waals surface area contributed by atoms with Crippen LogP contribution < -0.4 is 10.5 Å². The van der Waals surface area contributed by atoms with Gasteiger partial charge in [0.15, 0.2) is 0 Å². The molecule has 3 heteroatoms. The molecule has 4 rings (SSSR count). The summed E-state index contributed by atoms with van der Waals surface area (Å²) in [5.74, 6) is 1.01. The fourth-order valence-electron chi connectivity index (χ4n) is 3.17. The summed E-state index contributed by atoms with van der Waals surface area (Å²) in [6, 6.07) is 24.3. The van der Waals surface area contributed by atoms with Gasteiger partial charge in [-0.25, -0.2) is 0 Å². The first-order chi connectivity index (χ1) is 11.3. The maximum atomic E-state index is 12.4. The minimum Gasteiger partial charge on any atom is -0.352 e. The van der Waals surface area contributed by atoms with Crippen LogP contribution >= 0.6 is 0 Å². The van der Waals surface area contributed by atoms with Gasteiger partial charge in [-0.05, 0) is 22.8 Å². The molecule has 23 heavy (non-hydrogen) atoms. The SMILES string of the molecule is O=c1cc(-c2ccccc2)cc2n1CCN2Cc1ccccc1. The Morgan fingerprint density at radius 3 is 2.22 bits per heavy atom. The highest BCUT2D eigenvalue weighted by Gasteiger charge is 2.21. The van der Waals surface area contributed by atoms with Crippen LogP contribution in [0.3, 0.4) is 0 Å². The van der Waals surface area contributed by atoms with E-state index in [0.29, 0.717) is 0 Å². The molecule has 0 fully saturated rings. The van der Waals surface area contributed by atoms with Crippen molar-refractivity contribution in [2.24, 2.45) is 0 Å². The number of benzene rings is 2. The van der Waals surface area contributed by atoms with E-state index in [1.807, 2.05) is 41.0 Å². The van der Waals surface area contributed by atoms with E-state index in [1.165, 1.54) is 5.56 Å². The lowest BCUT2D eigenvalue weighted by atomic mass is 10.1. The molecule has 0 saturated carbocycles. The summed E-state index contributed by atoms with van der Waals surface area (Å²) in [7, 11) is 0. The highest BCUT2D eigenvalue weighted by Crippen LogP contribution is 2.27. The molecule has 1 aromatic heterocycles. The minimum atomic E-state index is 0.0805. The number of nitrogens with zero attached hydrogens (tertiary/aromatic N) is 2. The molecule has 1 aliphatic rings. The van der Waals surface area contributed by atoms with Crippen molar-refractivity contribution in [2.75, 3.05) is 11.4 Å². The molecular weight excluding hydrogens is 284 g/mol. The van der Waals surface area contributed by atoms with Crippen LogP contribution in [0.4, 0.5) is 5.82 Å². The van der Waals surface area contributed by atoms with Crippen LogP contribution in [0.15, 0.2) is 77.6 Å². The van der Waals surface area contributed by atoms with Gasteiger partial charge in [-0.1, -0.05) is 60.7 Å². The molecule has 0 bridgehead atoms. The van der Waals surface area contributed by atoms with Crippen molar-refractivity contribution >= 4 is 5.82 Å². The number of pyridine rings is 1. The first kappa shape index (κ1) is 13.8. The smallest absolute Gasteiger partial charge is 0.252 e. The maximum absolute atomic E-state index is 12.4. The third kappa shape index (κ3) is 2.66. The van der Waals surface area contributed by atoms with Gasteiger partial charge in [-0.15, -0.1) is 0 Å². The summed E-state index contributed by atoms with van der Waals surface area (Å²) in [4.78, 5) is 14.7. The highest BCUT2D eigenvalue weighted by atomic mass is 16.1. The molecule has 3 nitrogen and oxygen atoms in total. The molecule has 0 amide bonds. The molecule has 0 atom stereocenters. The van der Waals surface area contributed by atoms with Gasteiger partial charge in [0.2, 0.25) is 0 Å². The predicted molar refractivity (Wildman–Crippen MR) is 93.6 cm³/mol. The van der Waals surface area contributed by atoms with Crippen molar-refractivity contribution in [3.8, 4) is 11.1 Å². The Labute approximate surface area is 135 Å². The summed E-state index contributed by atoms with van der Waals surface area (Å²) in [6.45, 7) is 2.47. The van der Waals surface area contributed by atoms with Crippen LogP contribution in [-0.4, -0.2) is 11.1 Å². The zero-order chi connectivity index (χ0) is 15.6. The topological polar surface area (TPSA) is 25.2 Å². The molecule has 0 aliphatic carbocycles. The first-order valence-corrected chi connectivity index (χ1v) is 7.90. The van der Waals surface area contributed by atoms with Gasteiger partial charge < -0.3 is 4.90 Å². The summed E-state index contributed by atoms with van der Waals surface area (Å²) in [6.07, 6.45) is 0. The van der Waals surface area contributed by atoms with Gasteiger partial charge in [0.1, 0.15) is 5.82 Å². The van der Waals surface area contributed by atoms with Crippen LogP contribution in [0.2, 0.25) is 0 Å². The molecule has 2 heterocycles. The Kier molecular flexibility index (Phi) is 3.46. The highest BCUT2D eigenvalue weighted by molar-refractivity contribution is 5.67. The summed E-state index contributed by atoms with van der Waals surface area (Å²) in [5.41, 5.74) is 3.41. The second-order valence-corrected chi connectivity index (χ2v) is 5.87. The Morgan fingerprint density at radius 1 is 0.783 bits per heavy atom.